The van der Waals surface area contributed by atoms with Gasteiger partial charge in [-0.15, -0.1) is 0 Å². The maximum absolute atomic E-state index is 13.3. The van der Waals surface area contributed by atoms with Gasteiger partial charge < -0.3 is 39.4 Å². The minimum Gasteiger partial charge on any atom is -0.486 e. The zero-order valence-electron chi connectivity index (χ0n) is 20.5. The Hall–Kier alpha value is -2.93. The summed E-state index contributed by atoms with van der Waals surface area (Å²) in [7, 11) is -4.45. The van der Waals surface area contributed by atoms with Crippen LogP contribution in [0.4, 0.5) is 5.82 Å². The van der Waals surface area contributed by atoms with Crippen molar-refractivity contribution in [1.82, 2.24) is 19.5 Å². The molecule has 0 bridgehead atoms. The maximum Gasteiger partial charge on any atom is 0.350 e. The average Bonchev–Trinajstić information content (AvgIpc) is 3.59. The van der Waals surface area contributed by atoms with E-state index in [-0.39, 0.29) is 18.3 Å². The second-order valence-electron chi connectivity index (χ2n) is 9.64. The van der Waals surface area contributed by atoms with Gasteiger partial charge in [-0.2, -0.15) is 0 Å². The molecule has 13 nitrogen and oxygen atoms in total. The standard InChI is InChI=1S/C24H30N5O8P/c30-20-16(10-36-13-38(33,34)35)21(31)22(32)19(20)29-12-25-18-23(26-14-6-4-5-7-14)27-17(28-24(18)29)11-37-15-8-2-1-3-9-15/h1-3,8-9,12,14,16,19,21-22,31-32H,4-7,10-11,13H2,(H,26,27,28)(H2,33,34,35)/t16-,19-,21-,22+/m0/s1. The van der Waals surface area contributed by atoms with Crippen molar-refractivity contribution >= 4 is 30.4 Å². The summed E-state index contributed by atoms with van der Waals surface area (Å²) in [6.07, 6.45) is 1.67. The first-order chi connectivity index (χ1) is 18.2. The smallest absolute Gasteiger partial charge is 0.350 e. The third kappa shape index (κ3) is 5.73. The lowest BCUT2D eigenvalue weighted by molar-refractivity contribution is -0.126. The molecule has 0 aliphatic heterocycles. The van der Waals surface area contributed by atoms with Crippen LogP contribution in [-0.4, -0.2) is 76.5 Å². The van der Waals surface area contributed by atoms with E-state index >= 15 is 0 Å². The molecule has 5 N–H and O–H groups in total. The number of carbonyl (C=O) groups excluding carboxylic acids is 1. The fourth-order valence-corrected chi connectivity index (χ4v) is 5.36. The highest BCUT2D eigenvalue weighted by atomic mass is 31.2. The second-order valence-corrected chi connectivity index (χ2v) is 11.2. The van der Waals surface area contributed by atoms with Crippen LogP contribution in [0, 0.1) is 5.92 Å². The van der Waals surface area contributed by atoms with E-state index in [2.05, 4.69) is 20.3 Å². The van der Waals surface area contributed by atoms with Crippen molar-refractivity contribution in [2.24, 2.45) is 5.92 Å². The summed E-state index contributed by atoms with van der Waals surface area (Å²) in [4.78, 5) is 44.9. The molecule has 0 unspecified atom stereocenters. The molecule has 1 aromatic carbocycles. The highest BCUT2D eigenvalue weighted by Gasteiger charge is 2.50. The molecule has 5 rings (SSSR count). The van der Waals surface area contributed by atoms with Crippen molar-refractivity contribution < 1.29 is 38.8 Å². The number of imidazole rings is 1. The van der Waals surface area contributed by atoms with Crippen LogP contribution in [0.25, 0.3) is 11.2 Å². The molecule has 0 saturated heterocycles. The Morgan fingerprint density at radius 1 is 1.08 bits per heavy atom. The van der Waals surface area contributed by atoms with Gasteiger partial charge in [0.25, 0.3) is 0 Å². The van der Waals surface area contributed by atoms with Crippen molar-refractivity contribution in [3.05, 3.63) is 42.5 Å². The number of hydrogen-bond acceptors (Lipinski definition) is 10. The first-order valence-electron chi connectivity index (χ1n) is 12.4. The van der Waals surface area contributed by atoms with Crippen LogP contribution >= 0.6 is 7.60 Å². The normalized spacial score (nSPS) is 24.4. The SMILES string of the molecule is O=C1[C@H](COCP(=O)(O)O)[C@H](O)[C@H](O)[C@H]1n1cnc2c(NC3CCCC3)nc(COc3ccccc3)nc21. The largest absolute Gasteiger partial charge is 0.486 e. The highest BCUT2D eigenvalue weighted by Crippen LogP contribution is 2.38. The lowest BCUT2D eigenvalue weighted by Gasteiger charge is -2.18. The third-order valence-electron chi connectivity index (χ3n) is 6.87. The summed E-state index contributed by atoms with van der Waals surface area (Å²) in [5.74, 6) is -0.267. The molecule has 2 aromatic heterocycles. The van der Waals surface area contributed by atoms with Gasteiger partial charge in [-0.1, -0.05) is 31.0 Å². The van der Waals surface area contributed by atoms with Gasteiger partial charge in [-0.05, 0) is 25.0 Å². The molecule has 204 valence electrons. The Kier molecular flexibility index (Phi) is 7.75. The molecule has 2 aliphatic rings. The molecule has 3 aromatic rings. The number of aliphatic hydroxyl groups is 2. The van der Waals surface area contributed by atoms with E-state index in [1.54, 1.807) is 0 Å². The van der Waals surface area contributed by atoms with Crippen molar-refractivity contribution in [3.8, 4) is 5.75 Å². The van der Waals surface area contributed by atoms with E-state index in [0.717, 1.165) is 25.7 Å². The predicted molar refractivity (Wildman–Crippen MR) is 134 cm³/mol. The summed E-state index contributed by atoms with van der Waals surface area (Å²) in [5.41, 5.74) is 0.699. The molecular formula is C24H30N5O8P. The highest BCUT2D eigenvalue weighted by molar-refractivity contribution is 7.51. The Bertz CT molecular complexity index is 1330. The quantitative estimate of drug-likeness (QED) is 0.230. The van der Waals surface area contributed by atoms with Crippen LogP contribution in [0.2, 0.25) is 0 Å². The summed E-state index contributed by atoms with van der Waals surface area (Å²) in [6, 6.07) is 8.18. The summed E-state index contributed by atoms with van der Waals surface area (Å²) in [5, 5.41) is 24.8. The number of ether oxygens (including phenoxy) is 2. The average molecular weight is 548 g/mol. The van der Waals surface area contributed by atoms with E-state index in [1.807, 2.05) is 30.3 Å². The molecule has 0 radical (unpaired) electrons. The lowest BCUT2D eigenvalue weighted by atomic mass is 10.1. The molecular weight excluding hydrogens is 517 g/mol. The number of aromatic nitrogens is 4. The Morgan fingerprint density at radius 2 is 1.82 bits per heavy atom. The number of nitrogens with zero attached hydrogens (tertiary/aromatic N) is 4. The van der Waals surface area contributed by atoms with Gasteiger partial charge in [0, 0.05) is 6.04 Å². The maximum atomic E-state index is 13.3. The van der Waals surface area contributed by atoms with Gasteiger partial charge in [-0.25, -0.2) is 15.0 Å². The number of benzene rings is 1. The van der Waals surface area contributed by atoms with Gasteiger partial charge in [-0.3, -0.25) is 9.36 Å². The minimum absolute atomic E-state index is 0.0487. The summed E-state index contributed by atoms with van der Waals surface area (Å²) < 4.78 is 23.3. The number of carbonyl (C=O) groups is 1. The zero-order chi connectivity index (χ0) is 26.9. The number of Topliss-reactive ketones (excluding diaryl/α,β-unsaturated/α-hetero) is 1. The van der Waals surface area contributed by atoms with Crippen LogP contribution in [0.5, 0.6) is 5.75 Å². The number of fused-ring (bicyclic) bond motifs is 1. The van der Waals surface area contributed by atoms with Gasteiger partial charge >= 0.3 is 7.60 Å². The fourth-order valence-electron chi connectivity index (χ4n) is 5.02. The number of hydrogen-bond donors (Lipinski definition) is 5. The van der Waals surface area contributed by atoms with Crippen molar-refractivity contribution in [2.45, 2.75) is 56.6 Å². The summed E-state index contributed by atoms with van der Waals surface area (Å²) in [6.45, 7) is -0.405. The van der Waals surface area contributed by atoms with Crippen LogP contribution in [0.1, 0.15) is 37.5 Å². The lowest BCUT2D eigenvalue weighted by Crippen LogP contribution is -2.31. The van der Waals surface area contributed by atoms with Crippen LogP contribution in [-0.2, 0) is 20.7 Å². The number of para-hydroxylation sites is 1. The van der Waals surface area contributed by atoms with Crippen LogP contribution in [0.3, 0.4) is 0 Å². The monoisotopic (exact) mass is 547 g/mol. The van der Waals surface area contributed by atoms with E-state index < -0.39 is 50.5 Å². The first-order valence-corrected chi connectivity index (χ1v) is 14.2. The number of anilines is 1. The topological polar surface area (TPSA) is 189 Å². The molecule has 2 heterocycles. The molecule has 0 spiro atoms. The molecule has 2 saturated carbocycles. The van der Waals surface area contributed by atoms with Crippen molar-refractivity contribution in [3.63, 3.8) is 0 Å². The van der Waals surface area contributed by atoms with Crippen molar-refractivity contribution in [1.29, 1.82) is 0 Å². The minimum atomic E-state index is -4.45. The Labute approximate surface area is 218 Å². The van der Waals surface area contributed by atoms with E-state index in [4.69, 9.17) is 19.3 Å². The fraction of sp³-hybridized carbons (Fsp3) is 0.500. The van der Waals surface area contributed by atoms with E-state index in [9.17, 15) is 19.6 Å². The Morgan fingerprint density at radius 3 is 2.53 bits per heavy atom. The van der Waals surface area contributed by atoms with E-state index in [0.29, 0.717) is 22.9 Å². The number of aliphatic hydroxyl groups excluding tert-OH is 2. The van der Waals surface area contributed by atoms with Gasteiger partial charge in [0.15, 0.2) is 23.1 Å². The second kappa shape index (κ2) is 11.0. The van der Waals surface area contributed by atoms with Crippen molar-refractivity contribution in [2.75, 3.05) is 18.3 Å². The molecule has 4 atom stereocenters. The first kappa shape index (κ1) is 26.7. The third-order valence-corrected chi connectivity index (χ3v) is 7.39. The Balaban J connectivity index is 1.45. The van der Waals surface area contributed by atoms with Crippen LogP contribution < -0.4 is 10.1 Å². The molecule has 0 amide bonds. The molecule has 2 fully saturated rings. The number of nitrogens with one attached hydrogen (secondary N) is 1. The van der Waals surface area contributed by atoms with Gasteiger partial charge in [0.2, 0.25) is 0 Å². The zero-order valence-corrected chi connectivity index (χ0v) is 21.4. The van der Waals surface area contributed by atoms with E-state index in [1.165, 1.54) is 10.9 Å². The molecule has 14 heteroatoms. The number of rotatable bonds is 10. The predicted octanol–water partition coefficient (Wildman–Crippen LogP) is 1.37. The van der Waals surface area contributed by atoms with Gasteiger partial charge in [0.1, 0.15) is 36.4 Å². The van der Waals surface area contributed by atoms with Crippen LogP contribution in [0.15, 0.2) is 36.7 Å². The number of ketones is 1. The molecule has 38 heavy (non-hydrogen) atoms. The summed E-state index contributed by atoms with van der Waals surface area (Å²) >= 11 is 0. The van der Waals surface area contributed by atoms with Gasteiger partial charge in [0.05, 0.1) is 25.0 Å². The molecule has 2 aliphatic carbocycles.